The number of carbonyl (C=O) groups is 1. The van der Waals surface area contributed by atoms with Crippen LogP contribution >= 0.6 is 0 Å². The molecule has 0 N–H and O–H groups in total. The molecule has 0 amide bonds. The number of hydrogen-bond donors (Lipinski definition) is 0. The molecule has 0 fully saturated rings. The molecule has 6 nitrogen and oxygen atoms in total. The SMILES string of the molecule is CC.CCOC(=O)c1cnn(-c2cncc3ncccc23)c1C(F)(F)F. The fraction of sp³-hybridized carbons (Fsp3) is 0.294. The molecule has 9 heteroatoms. The quantitative estimate of drug-likeness (QED) is 0.655. The third-order valence-electron chi connectivity index (χ3n) is 3.27. The molecule has 0 radical (unpaired) electrons. The minimum absolute atomic E-state index is 0.0406. The predicted octanol–water partition coefficient (Wildman–Crippen LogP) is 4.04. The van der Waals surface area contributed by atoms with Crippen LogP contribution in [0.2, 0.25) is 0 Å². The Balaban J connectivity index is 0.00000117. The summed E-state index contributed by atoms with van der Waals surface area (Å²) in [4.78, 5) is 19.8. The van der Waals surface area contributed by atoms with Crippen LogP contribution < -0.4 is 0 Å². The van der Waals surface area contributed by atoms with Gasteiger partial charge in [0, 0.05) is 11.6 Å². The van der Waals surface area contributed by atoms with Gasteiger partial charge in [0.2, 0.25) is 0 Å². The smallest absolute Gasteiger partial charge is 0.434 e. The molecule has 0 aromatic carbocycles. The lowest BCUT2D eigenvalue weighted by Crippen LogP contribution is -2.18. The van der Waals surface area contributed by atoms with Gasteiger partial charge in [-0.3, -0.25) is 9.97 Å². The number of nitrogens with zero attached hydrogens (tertiary/aromatic N) is 4. The normalized spacial score (nSPS) is 11.0. The minimum atomic E-state index is -4.80. The van der Waals surface area contributed by atoms with Crippen molar-refractivity contribution < 1.29 is 22.7 Å². The Morgan fingerprint density at radius 1 is 1.23 bits per heavy atom. The van der Waals surface area contributed by atoms with E-state index in [-0.39, 0.29) is 12.3 Å². The van der Waals surface area contributed by atoms with Crippen LogP contribution in [-0.2, 0) is 10.9 Å². The lowest BCUT2D eigenvalue weighted by atomic mass is 10.2. The summed E-state index contributed by atoms with van der Waals surface area (Å²) in [5.41, 5.74) is -1.37. The highest BCUT2D eigenvalue weighted by molar-refractivity contribution is 5.92. The molecule has 3 aromatic rings. The Bertz CT molecular complexity index is 901. The van der Waals surface area contributed by atoms with Crippen LogP contribution in [0.15, 0.2) is 36.9 Å². The van der Waals surface area contributed by atoms with E-state index in [4.69, 9.17) is 0 Å². The number of rotatable bonds is 3. The third kappa shape index (κ3) is 3.66. The predicted molar refractivity (Wildman–Crippen MR) is 89.0 cm³/mol. The van der Waals surface area contributed by atoms with Crippen molar-refractivity contribution in [2.45, 2.75) is 26.9 Å². The first kappa shape index (κ1) is 19.4. The highest BCUT2D eigenvalue weighted by atomic mass is 19.4. The van der Waals surface area contributed by atoms with E-state index in [0.29, 0.717) is 15.6 Å². The maximum absolute atomic E-state index is 13.5. The Hall–Kier alpha value is -2.97. The van der Waals surface area contributed by atoms with Crippen molar-refractivity contribution >= 4 is 16.9 Å². The molecule has 3 heterocycles. The van der Waals surface area contributed by atoms with Crippen molar-refractivity contribution in [3.63, 3.8) is 0 Å². The molecule has 0 aliphatic heterocycles. The van der Waals surface area contributed by atoms with Gasteiger partial charge < -0.3 is 4.74 Å². The topological polar surface area (TPSA) is 69.9 Å². The first-order valence-corrected chi connectivity index (χ1v) is 7.95. The monoisotopic (exact) mass is 366 g/mol. The van der Waals surface area contributed by atoms with Crippen molar-refractivity contribution in [1.82, 2.24) is 19.7 Å². The van der Waals surface area contributed by atoms with Gasteiger partial charge in [-0.1, -0.05) is 13.8 Å². The van der Waals surface area contributed by atoms with Crippen LogP contribution in [0.25, 0.3) is 16.6 Å². The van der Waals surface area contributed by atoms with Gasteiger partial charge in [0.25, 0.3) is 0 Å². The van der Waals surface area contributed by atoms with Crippen molar-refractivity contribution in [2.24, 2.45) is 0 Å². The molecule has 0 saturated heterocycles. The average Bonchev–Trinajstić information content (AvgIpc) is 3.08. The second-order valence-electron chi connectivity index (χ2n) is 4.77. The van der Waals surface area contributed by atoms with Crippen LogP contribution in [0.3, 0.4) is 0 Å². The van der Waals surface area contributed by atoms with E-state index in [9.17, 15) is 18.0 Å². The van der Waals surface area contributed by atoms with Crippen LogP contribution in [0.4, 0.5) is 13.2 Å². The van der Waals surface area contributed by atoms with Crippen molar-refractivity contribution in [3.8, 4) is 5.69 Å². The fourth-order valence-electron chi connectivity index (χ4n) is 2.32. The molecule has 3 aromatic heterocycles. The van der Waals surface area contributed by atoms with Crippen LogP contribution in [0, 0.1) is 0 Å². The molecule has 26 heavy (non-hydrogen) atoms. The second-order valence-corrected chi connectivity index (χ2v) is 4.77. The zero-order valence-corrected chi connectivity index (χ0v) is 14.4. The van der Waals surface area contributed by atoms with Gasteiger partial charge in [-0.25, -0.2) is 9.48 Å². The van der Waals surface area contributed by atoms with Gasteiger partial charge in [-0.05, 0) is 19.1 Å². The summed E-state index contributed by atoms with van der Waals surface area (Å²) in [5, 5.41) is 4.16. The maximum Gasteiger partial charge on any atom is 0.434 e. The number of fused-ring (bicyclic) bond motifs is 1. The largest absolute Gasteiger partial charge is 0.462 e. The van der Waals surface area contributed by atoms with E-state index in [0.717, 1.165) is 6.20 Å². The molecule has 0 aliphatic rings. The summed E-state index contributed by atoms with van der Waals surface area (Å²) < 4.78 is 45.9. The second kappa shape index (κ2) is 7.94. The Kier molecular flexibility index (Phi) is 5.91. The van der Waals surface area contributed by atoms with E-state index < -0.39 is 23.4 Å². The molecule has 0 aliphatic carbocycles. The summed E-state index contributed by atoms with van der Waals surface area (Å²) in [7, 11) is 0. The molecule has 0 bridgehead atoms. The summed E-state index contributed by atoms with van der Waals surface area (Å²) in [6.07, 6.45) is 0.216. The maximum atomic E-state index is 13.5. The average molecular weight is 366 g/mol. The molecular formula is C17H17F3N4O2. The lowest BCUT2D eigenvalue weighted by molar-refractivity contribution is -0.143. The van der Waals surface area contributed by atoms with Crippen molar-refractivity contribution in [3.05, 3.63) is 48.2 Å². The van der Waals surface area contributed by atoms with E-state index in [1.54, 1.807) is 12.1 Å². The van der Waals surface area contributed by atoms with Crippen molar-refractivity contribution in [2.75, 3.05) is 6.61 Å². The number of aromatic nitrogens is 4. The molecule has 0 saturated carbocycles. The van der Waals surface area contributed by atoms with E-state index in [1.165, 1.54) is 25.5 Å². The fourth-order valence-corrected chi connectivity index (χ4v) is 2.32. The Morgan fingerprint density at radius 3 is 2.62 bits per heavy atom. The number of carbonyl (C=O) groups excluding carboxylic acids is 1. The molecule has 0 spiro atoms. The first-order valence-electron chi connectivity index (χ1n) is 7.95. The van der Waals surface area contributed by atoms with Gasteiger partial charge in [0.05, 0.1) is 36.4 Å². The highest BCUT2D eigenvalue weighted by Crippen LogP contribution is 2.35. The lowest BCUT2D eigenvalue weighted by Gasteiger charge is -2.13. The molecular weight excluding hydrogens is 349 g/mol. The van der Waals surface area contributed by atoms with Crippen LogP contribution in [0.1, 0.15) is 36.8 Å². The van der Waals surface area contributed by atoms with Gasteiger partial charge in [0.15, 0.2) is 5.69 Å². The van der Waals surface area contributed by atoms with Gasteiger partial charge >= 0.3 is 12.1 Å². The number of alkyl halides is 3. The highest BCUT2D eigenvalue weighted by Gasteiger charge is 2.41. The number of esters is 1. The number of ether oxygens (including phenoxy) is 1. The van der Waals surface area contributed by atoms with E-state index in [1.807, 2.05) is 13.8 Å². The van der Waals surface area contributed by atoms with Crippen molar-refractivity contribution in [1.29, 1.82) is 0 Å². The summed E-state index contributed by atoms with van der Waals surface area (Å²) in [6, 6.07) is 3.19. The van der Waals surface area contributed by atoms with E-state index >= 15 is 0 Å². The minimum Gasteiger partial charge on any atom is -0.462 e. The third-order valence-corrected chi connectivity index (χ3v) is 3.27. The number of hydrogen-bond acceptors (Lipinski definition) is 5. The van der Waals surface area contributed by atoms with Crippen LogP contribution in [-0.4, -0.2) is 32.3 Å². The first-order chi connectivity index (χ1) is 12.4. The zero-order valence-electron chi connectivity index (χ0n) is 14.4. The Morgan fingerprint density at radius 2 is 1.96 bits per heavy atom. The number of pyridine rings is 2. The summed E-state index contributed by atoms with van der Waals surface area (Å²) in [5.74, 6) is -1.08. The molecule has 0 atom stereocenters. The standard InChI is InChI=1S/C15H11F3N4O2.C2H6/c1-2-24-14(23)10-6-21-22(13(10)15(16,17)18)12-8-19-7-11-9(12)4-3-5-20-11;1-2/h3-8H,2H2,1H3;1-2H3. The summed E-state index contributed by atoms with van der Waals surface area (Å²) in [6.45, 7) is 5.47. The zero-order chi connectivity index (χ0) is 19.3. The molecule has 138 valence electrons. The van der Waals surface area contributed by atoms with Gasteiger partial charge in [-0.15, -0.1) is 0 Å². The number of halogens is 3. The van der Waals surface area contributed by atoms with Crippen LogP contribution in [0.5, 0.6) is 0 Å². The van der Waals surface area contributed by atoms with Gasteiger partial charge in [0.1, 0.15) is 5.56 Å². The van der Waals surface area contributed by atoms with E-state index in [2.05, 4.69) is 19.8 Å². The summed E-state index contributed by atoms with van der Waals surface area (Å²) >= 11 is 0. The van der Waals surface area contributed by atoms with Gasteiger partial charge in [-0.2, -0.15) is 18.3 Å². The Labute approximate surface area is 147 Å². The molecule has 3 rings (SSSR count). The molecule has 0 unspecified atom stereocenters.